The van der Waals surface area contributed by atoms with Gasteiger partial charge in [0.2, 0.25) is 0 Å². The Morgan fingerprint density at radius 3 is 1.39 bits per heavy atom. The minimum Gasteiger partial charge on any atom is -0.871 e. The molecule has 0 spiro atoms. The molecule has 0 radical (unpaired) electrons. The molecular formula is C12H4F6O4S-2. The fourth-order valence-electron chi connectivity index (χ4n) is 1.15. The summed E-state index contributed by atoms with van der Waals surface area (Å²) in [5, 5.41) is 22.8. The molecule has 0 amide bonds. The first-order chi connectivity index (χ1) is 10.3. The number of carbonyl (C=O) groups is 2. The first kappa shape index (κ1) is 18.7. The second-order valence-electron chi connectivity index (χ2n) is 3.91. The van der Waals surface area contributed by atoms with E-state index in [-0.39, 0.29) is 23.5 Å². The summed E-state index contributed by atoms with van der Waals surface area (Å²) in [6.07, 6.45) is -11.0. The van der Waals surface area contributed by atoms with E-state index in [0.29, 0.717) is 0 Å². The van der Waals surface area contributed by atoms with Gasteiger partial charge in [0.15, 0.2) is 0 Å². The Hall–Kier alpha value is -2.30. The van der Waals surface area contributed by atoms with Gasteiger partial charge in [0.05, 0.1) is 0 Å². The molecule has 0 aliphatic carbocycles. The highest BCUT2D eigenvalue weighted by Gasteiger charge is 2.37. The molecule has 0 bridgehead atoms. The van der Waals surface area contributed by atoms with Crippen molar-refractivity contribution in [2.45, 2.75) is 12.4 Å². The molecule has 0 saturated heterocycles. The van der Waals surface area contributed by atoms with Crippen LogP contribution in [0.3, 0.4) is 0 Å². The van der Waals surface area contributed by atoms with Crippen molar-refractivity contribution < 1.29 is 46.1 Å². The van der Waals surface area contributed by atoms with E-state index in [1.165, 1.54) is 0 Å². The number of hydrogen-bond donors (Lipinski definition) is 0. The van der Waals surface area contributed by atoms with Crippen LogP contribution in [0.2, 0.25) is 0 Å². The summed E-state index contributed by atoms with van der Waals surface area (Å²) in [5.41, 5.74) is 0. The van der Waals surface area contributed by atoms with Crippen molar-refractivity contribution in [2.75, 3.05) is 0 Å². The SMILES string of the molecule is O=C(/C=C(\[O-])c1ccc(/C([O-])=C/C(=O)C(F)(F)F)s1)C(F)(F)F. The maximum Gasteiger partial charge on any atom is 0.454 e. The molecule has 0 saturated carbocycles. The van der Waals surface area contributed by atoms with Crippen LogP contribution in [0.25, 0.3) is 11.5 Å². The number of carbonyl (C=O) groups excluding carboxylic acids is 2. The van der Waals surface area contributed by atoms with Gasteiger partial charge >= 0.3 is 12.4 Å². The molecule has 1 rings (SSSR count). The number of alkyl halides is 6. The predicted molar refractivity (Wildman–Crippen MR) is 62.4 cm³/mol. The van der Waals surface area contributed by atoms with Crippen LogP contribution < -0.4 is 10.2 Å². The summed E-state index contributed by atoms with van der Waals surface area (Å²) < 4.78 is 71.9. The van der Waals surface area contributed by atoms with E-state index in [9.17, 15) is 46.1 Å². The van der Waals surface area contributed by atoms with E-state index in [2.05, 4.69) is 0 Å². The van der Waals surface area contributed by atoms with Crippen molar-refractivity contribution in [3.8, 4) is 0 Å². The Bertz CT molecular complexity index is 624. The number of rotatable bonds is 4. The Balaban J connectivity index is 3.03. The fourth-order valence-corrected chi connectivity index (χ4v) is 1.97. The lowest BCUT2D eigenvalue weighted by molar-refractivity contribution is -0.244. The molecule has 0 fully saturated rings. The Kier molecular flexibility index (Phi) is 5.25. The molecule has 4 nitrogen and oxygen atoms in total. The number of halogens is 6. The van der Waals surface area contributed by atoms with E-state index in [1.807, 2.05) is 0 Å². The van der Waals surface area contributed by atoms with Crippen molar-refractivity contribution in [3.63, 3.8) is 0 Å². The Morgan fingerprint density at radius 2 is 1.13 bits per heavy atom. The molecule has 23 heavy (non-hydrogen) atoms. The third kappa shape index (κ3) is 5.13. The average Bonchev–Trinajstić information content (AvgIpc) is 2.85. The first-order valence-corrected chi connectivity index (χ1v) is 6.24. The van der Waals surface area contributed by atoms with Gasteiger partial charge in [-0.1, -0.05) is 11.5 Å². The summed E-state index contributed by atoms with van der Waals surface area (Å²) in [7, 11) is 0. The molecule has 0 aliphatic heterocycles. The van der Waals surface area contributed by atoms with Gasteiger partial charge in [-0.2, -0.15) is 26.3 Å². The van der Waals surface area contributed by atoms with E-state index in [0.717, 1.165) is 12.1 Å². The molecule has 0 atom stereocenters. The lowest BCUT2D eigenvalue weighted by Gasteiger charge is -2.11. The molecule has 1 aromatic heterocycles. The van der Waals surface area contributed by atoms with Crippen LogP contribution in [0, 0.1) is 0 Å². The number of thiophene rings is 1. The van der Waals surface area contributed by atoms with Crippen molar-refractivity contribution >= 4 is 34.4 Å². The molecule has 1 aromatic rings. The molecule has 11 heteroatoms. The van der Waals surface area contributed by atoms with Gasteiger partial charge in [-0.25, -0.2) is 0 Å². The monoisotopic (exact) mass is 358 g/mol. The standard InChI is InChI=1S/C12H6F6O4S/c13-11(14,15)9(21)3-5(19)7-1-2-8(23-7)6(20)4-10(22)12(16,17)18/h1-4,19-20H/p-2/b5-3-,6-4-. The van der Waals surface area contributed by atoms with E-state index in [1.54, 1.807) is 0 Å². The highest BCUT2D eigenvalue weighted by atomic mass is 32.1. The van der Waals surface area contributed by atoms with E-state index in [4.69, 9.17) is 0 Å². The van der Waals surface area contributed by atoms with Gasteiger partial charge in [0, 0.05) is 9.75 Å². The quantitative estimate of drug-likeness (QED) is 0.463. The van der Waals surface area contributed by atoms with Crippen LogP contribution in [0.1, 0.15) is 9.75 Å². The van der Waals surface area contributed by atoms with Gasteiger partial charge in [0.25, 0.3) is 11.6 Å². The van der Waals surface area contributed by atoms with Crippen LogP contribution in [0.15, 0.2) is 24.3 Å². The number of hydrogen-bond acceptors (Lipinski definition) is 5. The zero-order valence-corrected chi connectivity index (χ0v) is 11.4. The van der Waals surface area contributed by atoms with Gasteiger partial charge in [0.1, 0.15) is 0 Å². The second-order valence-corrected chi connectivity index (χ2v) is 4.99. The van der Waals surface area contributed by atoms with Crippen molar-refractivity contribution in [3.05, 3.63) is 34.0 Å². The number of allylic oxidation sites excluding steroid dienone is 2. The molecule has 126 valence electrons. The van der Waals surface area contributed by atoms with E-state index >= 15 is 0 Å². The maximum atomic E-state index is 12.0. The van der Waals surface area contributed by atoms with Crippen molar-refractivity contribution in [1.29, 1.82) is 0 Å². The van der Waals surface area contributed by atoms with Crippen molar-refractivity contribution in [2.24, 2.45) is 0 Å². The van der Waals surface area contributed by atoms with Gasteiger partial charge in [-0.15, -0.1) is 11.3 Å². The second kappa shape index (κ2) is 6.44. The highest BCUT2D eigenvalue weighted by molar-refractivity contribution is 7.14. The zero-order chi connectivity index (χ0) is 18.0. The largest absolute Gasteiger partial charge is 0.871 e. The first-order valence-electron chi connectivity index (χ1n) is 5.42. The lowest BCUT2D eigenvalue weighted by Crippen LogP contribution is -2.21. The maximum absolute atomic E-state index is 12.0. The molecule has 0 aromatic carbocycles. The highest BCUT2D eigenvalue weighted by Crippen LogP contribution is 2.27. The lowest BCUT2D eigenvalue weighted by atomic mass is 10.2. The third-order valence-electron chi connectivity index (χ3n) is 2.17. The van der Waals surface area contributed by atoms with Crippen LogP contribution in [0.4, 0.5) is 26.3 Å². The Morgan fingerprint density at radius 1 is 0.826 bits per heavy atom. The fraction of sp³-hybridized carbons (Fsp3) is 0.167. The minimum absolute atomic E-state index is 0.245. The summed E-state index contributed by atoms with van der Waals surface area (Å²) in [6.45, 7) is 0. The van der Waals surface area contributed by atoms with Gasteiger partial charge < -0.3 is 10.2 Å². The minimum atomic E-state index is -5.25. The van der Waals surface area contributed by atoms with Crippen LogP contribution >= 0.6 is 11.3 Å². The molecule has 0 aliphatic rings. The van der Waals surface area contributed by atoms with Gasteiger partial charge in [-0.3, -0.25) is 9.59 Å². The average molecular weight is 358 g/mol. The molecule has 0 N–H and O–H groups in total. The summed E-state index contributed by atoms with van der Waals surface area (Å²) in [6, 6.07) is 1.71. The molecule has 1 heterocycles. The van der Waals surface area contributed by atoms with Crippen LogP contribution in [0.5, 0.6) is 0 Å². The third-order valence-corrected chi connectivity index (χ3v) is 3.29. The predicted octanol–water partition coefficient (Wildman–Crippen LogP) is 1.41. The van der Waals surface area contributed by atoms with Crippen LogP contribution in [-0.2, 0) is 9.59 Å². The summed E-state index contributed by atoms with van der Waals surface area (Å²) in [5.74, 6) is -7.55. The summed E-state index contributed by atoms with van der Waals surface area (Å²) >= 11 is 0.254. The van der Waals surface area contributed by atoms with Crippen LogP contribution in [-0.4, -0.2) is 23.9 Å². The zero-order valence-electron chi connectivity index (χ0n) is 10.6. The normalized spacial score (nSPS) is 14.0. The topological polar surface area (TPSA) is 80.3 Å². The van der Waals surface area contributed by atoms with Crippen molar-refractivity contribution in [1.82, 2.24) is 0 Å². The smallest absolute Gasteiger partial charge is 0.454 e. The van der Waals surface area contributed by atoms with E-state index < -0.39 is 45.2 Å². The van der Waals surface area contributed by atoms with Gasteiger partial charge in [-0.05, 0) is 24.3 Å². The number of ketones is 2. The Labute approximate surface area is 128 Å². The molecular weight excluding hydrogens is 354 g/mol. The summed E-state index contributed by atoms with van der Waals surface area (Å²) in [4.78, 5) is 20.3. The molecule has 0 unspecified atom stereocenters.